The van der Waals surface area contributed by atoms with Crippen molar-refractivity contribution in [2.75, 3.05) is 0 Å². The van der Waals surface area contributed by atoms with Gasteiger partial charge in [-0.1, -0.05) is 13.8 Å². The number of hydrogen-bond acceptors (Lipinski definition) is 3. The van der Waals surface area contributed by atoms with Crippen molar-refractivity contribution in [2.45, 2.75) is 20.8 Å². The summed E-state index contributed by atoms with van der Waals surface area (Å²) in [6.45, 7) is 5.56. The van der Waals surface area contributed by atoms with E-state index in [0.717, 1.165) is 11.1 Å². The van der Waals surface area contributed by atoms with E-state index in [4.69, 9.17) is 9.15 Å². The molecule has 0 aliphatic heterocycles. The van der Waals surface area contributed by atoms with E-state index in [1.807, 2.05) is 13.0 Å². The van der Waals surface area contributed by atoms with Gasteiger partial charge in [-0.2, -0.15) is 0 Å². The third kappa shape index (κ3) is 1.35. The van der Waals surface area contributed by atoms with Crippen molar-refractivity contribution in [3.05, 3.63) is 17.7 Å². The fourth-order valence-corrected chi connectivity index (χ4v) is 1.26. The lowest BCUT2D eigenvalue weighted by atomic mass is 10.2. The summed E-state index contributed by atoms with van der Waals surface area (Å²) in [6.07, 6.45) is 0. The molecule has 0 saturated heterocycles. The minimum Gasteiger partial charge on any atom is -0.453 e. The maximum Gasteiger partial charge on any atom is 0.313 e. The zero-order chi connectivity index (χ0) is 10.3. The third-order valence-corrected chi connectivity index (χ3v) is 2.14. The molecule has 74 valence electrons. The first-order valence-electron chi connectivity index (χ1n) is 4.62. The maximum atomic E-state index is 11.3. The molecule has 0 aliphatic carbocycles. The number of fused-ring (bicyclic) bond motifs is 2. The molecule has 0 fully saturated rings. The Morgan fingerprint density at radius 3 is 2.50 bits per heavy atom. The standard InChI is InChI=1S/C11H12O3/c1-6(2)11(12)14-10-5-8-7(3)4-9(10)13-8/h4-6H,1-3H3. The van der Waals surface area contributed by atoms with Gasteiger partial charge in [-0.05, 0) is 18.6 Å². The van der Waals surface area contributed by atoms with Crippen LogP contribution in [0.15, 0.2) is 16.5 Å². The van der Waals surface area contributed by atoms with E-state index in [1.165, 1.54) is 0 Å². The monoisotopic (exact) mass is 192 g/mol. The second-order valence-electron chi connectivity index (χ2n) is 3.74. The molecule has 2 heterocycles. The summed E-state index contributed by atoms with van der Waals surface area (Å²) < 4.78 is 10.5. The number of benzene rings is 1. The Kier molecular flexibility index (Phi) is 1.95. The summed E-state index contributed by atoms with van der Waals surface area (Å²) in [5.41, 5.74) is 2.50. The van der Waals surface area contributed by atoms with Crippen molar-refractivity contribution in [1.82, 2.24) is 0 Å². The topological polar surface area (TPSA) is 39.4 Å². The van der Waals surface area contributed by atoms with Crippen LogP contribution in [-0.2, 0) is 4.79 Å². The molecule has 0 aromatic carbocycles. The molecular weight excluding hydrogens is 180 g/mol. The average Bonchev–Trinajstić information content (AvgIpc) is 2.62. The first kappa shape index (κ1) is 9.06. The summed E-state index contributed by atoms with van der Waals surface area (Å²) in [7, 11) is 0. The van der Waals surface area contributed by atoms with Crippen LogP contribution in [0.5, 0.6) is 5.75 Å². The minimum absolute atomic E-state index is 0.120. The zero-order valence-electron chi connectivity index (χ0n) is 8.46. The number of furan rings is 2. The second kappa shape index (κ2) is 3.01. The SMILES string of the molecule is Cc1cc2oc1cc2OC(=O)C(C)C. The molecule has 2 rings (SSSR count). The van der Waals surface area contributed by atoms with Gasteiger partial charge in [-0.3, -0.25) is 4.79 Å². The third-order valence-electron chi connectivity index (χ3n) is 2.14. The fourth-order valence-electron chi connectivity index (χ4n) is 1.26. The van der Waals surface area contributed by atoms with Gasteiger partial charge in [0.2, 0.25) is 0 Å². The predicted molar refractivity (Wildman–Crippen MR) is 52.6 cm³/mol. The largest absolute Gasteiger partial charge is 0.453 e. The Morgan fingerprint density at radius 1 is 1.36 bits per heavy atom. The number of aryl methyl sites for hydroxylation is 1. The Hall–Kier alpha value is -1.51. The van der Waals surface area contributed by atoms with E-state index in [-0.39, 0.29) is 11.9 Å². The molecule has 0 amide bonds. The molecule has 0 aliphatic rings. The van der Waals surface area contributed by atoms with Gasteiger partial charge < -0.3 is 9.15 Å². The van der Waals surface area contributed by atoms with E-state index in [1.54, 1.807) is 19.9 Å². The highest BCUT2D eigenvalue weighted by Crippen LogP contribution is 2.32. The zero-order valence-corrected chi connectivity index (χ0v) is 8.46. The van der Waals surface area contributed by atoms with Crippen molar-refractivity contribution < 1.29 is 13.9 Å². The average molecular weight is 192 g/mol. The van der Waals surface area contributed by atoms with E-state index < -0.39 is 0 Å². The smallest absolute Gasteiger partial charge is 0.313 e. The predicted octanol–water partition coefficient (Wildman–Crippen LogP) is 2.74. The lowest BCUT2D eigenvalue weighted by Gasteiger charge is -2.04. The number of ether oxygens (including phenoxy) is 1. The van der Waals surface area contributed by atoms with Gasteiger partial charge in [0.05, 0.1) is 5.92 Å². The van der Waals surface area contributed by atoms with Crippen LogP contribution in [0.4, 0.5) is 0 Å². The molecule has 0 atom stereocenters. The molecule has 0 saturated carbocycles. The highest BCUT2D eigenvalue weighted by atomic mass is 16.5. The van der Waals surface area contributed by atoms with Crippen LogP contribution in [0.1, 0.15) is 19.4 Å². The van der Waals surface area contributed by atoms with Crippen LogP contribution >= 0.6 is 0 Å². The van der Waals surface area contributed by atoms with Gasteiger partial charge in [0.25, 0.3) is 0 Å². The number of carbonyl (C=O) groups excluding carboxylic acids is 1. The Balaban J connectivity index is 2.23. The molecular formula is C11H12O3. The molecule has 2 bridgehead atoms. The Labute approximate surface area is 82.0 Å². The molecule has 3 heteroatoms. The summed E-state index contributed by atoms with van der Waals surface area (Å²) in [6, 6.07) is 3.63. The molecule has 0 N–H and O–H groups in total. The molecule has 0 unspecified atom stereocenters. The Bertz CT molecular complexity index is 453. The van der Waals surface area contributed by atoms with Crippen molar-refractivity contribution >= 4 is 17.1 Å². The molecule has 2 aromatic heterocycles. The van der Waals surface area contributed by atoms with E-state index in [9.17, 15) is 4.79 Å². The van der Waals surface area contributed by atoms with Crippen LogP contribution in [0.2, 0.25) is 0 Å². The maximum absolute atomic E-state index is 11.3. The van der Waals surface area contributed by atoms with E-state index in [0.29, 0.717) is 11.3 Å². The number of carbonyl (C=O) groups is 1. The van der Waals surface area contributed by atoms with Gasteiger partial charge in [0.15, 0.2) is 11.3 Å². The minimum atomic E-state index is -0.230. The van der Waals surface area contributed by atoms with Crippen LogP contribution in [-0.4, -0.2) is 5.97 Å². The van der Waals surface area contributed by atoms with Gasteiger partial charge in [-0.15, -0.1) is 0 Å². The summed E-state index contributed by atoms with van der Waals surface area (Å²) in [4.78, 5) is 11.3. The fraction of sp³-hybridized carbons (Fsp3) is 0.364. The quantitative estimate of drug-likeness (QED) is 0.542. The summed E-state index contributed by atoms with van der Waals surface area (Å²) in [5.74, 6) is 0.182. The van der Waals surface area contributed by atoms with Crippen molar-refractivity contribution in [2.24, 2.45) is 5.92 Å². The number of esters is 1. The lowest BCUT2D eigenvalue weighted by molar-refractivity contribution is -0.137. The number of rotatable bonds is 2. The molecule has 2 aromatic rings. The Morgan fingerprint density at radius 2 is 2.07 bits per heavy atom. The van der Waals surface area contributed by atoms with Gasteiger partial charge in [0.1, 0.15) is 5.58 Å². The van der Waals surface area contributed by atoms with Crippen molar-refractivity contribution in [3.8, 4) is 5.75 Å². The highest BCUT2D eigenvalue weighted by molar-refractivity contribution is 5.81. The van der Waals surface area contributed by atoms with Gasteiger partial charge in [0, 0.05) is 6.07 Å². The normalized spacial score (nSPS) is 11.4. The van der Waals surface area contributed by atoms with Crippen LogP contribution in [0.25, 0.3) is 11.2 Å². The van der Waals surface area contributed by atoms with Crippen molar-refractivity contribution in [1.29, 1.82) is 0 Å². The second-order valence-corrected chi connectivity index (χ2v) is 3.74. The first-order chi connectivity index (χ1) is 6.58. The van der Waals surface area contributed by atoms with Crippen molar-refractivity contribution in [3.63, 3.8) is 0 Å². The lowest BCUT2D eigenvalue weighted by Crippen LogP contribution is -2.14. The molecule has 14 heavy (non-hydrogen) atoms. The first-order valence-corrected chi connectivity index (χ1v) is 4.62. The van der Waals surface area contributed by atoms with Crippen LogP contribution in [0, 0.1) is 12.8 Å². The molecule has 0 spiro atoms. The summed E-state index contributed by atoms with van der Waals surface area (Å²) in [5, 5.41) is 0. The summed E-state index contributed by atoms with van der Waals surface area (Å²) >= 11 is 0. The highest BCUT2D eigenvalue weighted by Gasteiger charge is 2.16. The van der Waals surface area contributed by atoms with E-state index >= 15 is 0 Å². The van der Waals surface area contributed by atoms with Gasteiger partial charge in [-0.25, -0.2) is 0 Å². The van der Waals surface area contributed by atoms with Gasteiger partial charge >= 0.3 is 5.97 Å². The molecule has 0 radical (unpaired) electrons. The van der Waals surface area contributed by atoms with Crippen LogP contribution in [0.3, 0.4) is 0 Å². The van der Waals surface area contributed by atoms with E-state index in [2.05, 4.69) is 0 Å². The van der Waals surface area contributed by atoms with Crippen LogP contribution < -0.4 is 4.74 Å². The molecule has 3 nitrogen and oxygen atoms in total. The number of hydrogen-bond donors (Lipinski definition) is 0.